The van der Waals surface area contributed by atoms with Crippen LogP contribution in [0.2, 0.25) is 0 Å². The summed E-state index contributed by atoms with van der Waals surface area (Å²) in [4.78, 5) is 14.0. The van der Waals surface area contributed by atoms with Gasteiger partial charge in [-0.2, -0.15) is 4.31 Å². The highest BCUT2D eigenvalue weighted by molar-refractivity contribution is 7.92. The average Bonchev–Trinajstić information content (AvgIpc) is 2.72. The lowest BCUT2D eigenvalue weighted by Crippen LogP contribution is -2.50. The number of carbonyl (C=O) groups excluding carboxylic acids is 1. The topological polar surface area (TPSA) is 57.7 Å². The number of carbonyl (C=O) groups is 1. The number of hydrogen-bond donors (Lipinski definition) is 0. The second-order valence-corrected chi connectivity index (χ2v) is 8.45. The molecule has 0 radical (unpaired) electrons. The molecule has 0 atom stereocenters. The number of rotatable bonds is 6. The second-order valence-electron chi connectivity index (χ2n) is 6.63. The zero-order valence-electron chi connectivity index (χ0n) is 15.5. The Kier molecular flexibility index (Phi) is 6.59. The van der Waals surface area contributed by atoms with E-state index >= 15 is 0 Å². The summed E-state index contributed by atoms with van der Waals surface area (Å²) in [6.45, 7) is 1.20. The maximum atomic E-state index is 13.7. The second kappa shape index (κ2) is 9.12. The van der Waals surface area contributed by atoms with E-state index in [0.717, 1.165) is 5.56 Å². The van der Waals surface area contributed by atoms with Crippen LogP contribution in [0.25, 0.3) is 6.08 Å². The summed E-state index contributed by atoms with van der Waals surface area (Å²) in [5, 5.41) is 1.21. The monoisotopic (exact) mass is 402 g/mol. The molecule has 148 valence electrons. The van der Waals surface area contributed by atoms with E-state index in [9.17, 15) is 17.6 Å². The molecule has 2 aromatic carbocycles. The molecule has 1 aliphatic heterocycles. The van der Waals surface area contributed by atoms with Crippen molar-refractivity contribution in [3.63, 3.8) is 0 Å². The van der Waals surface area contributed by atoms with Crippen LogP contribution < -0.4 is 0 Å². The van der Waals surface area contributed by atoms with Crippen LogP contribution in [0.5, 0.6) is 0 Å². The van der Waals surface area contributed by atoms with E-state index in [4.69, 9.17) is 0 Å². The first kappa shape index (κ1) is 20.2. The first-order valence-electron chi connectivity index (χ1n) is 9.20. The van der Waals surface area contributed by atoms with Gasteiger partial charge in [0, 0.05) is 38.0 Å². The van der Waals surface area contributed by atoms with Crippen LogP contribution in [0, 0.1) is 5.82 Å². The van der Waals surface area contributed by atoms with Gasteiger partial charge in [0.15, 0.2) is 0 Å². The summed E-state index contributed by atoms with van der Waals surface area (Å²) >= 11 is 0. The molecule has 1 amide bonds. The number of benzene rings is 2. The molecule has 3 rings (SSSR count). The van der Waals surface area contributed by atoms with Crippen LogP contribution in [0.3, 0.4) is 0 Å². The van der Waals surface area contributed by atoms with E-state index in [-0.39, 0.29) is 31.2 Å². The number of nitrogens with zero attached hydrogens (tertiary/aromatic N) is 2. The van der Waals surface area contributed by atoms with Crippen LogP contribution in [0.15, 0.2) is 60.0 Å². The lowest BCUT2D eigenvalue weighted by molar-refractivity contribution is -0.132. The summed E-state index contributed by atoms with van der Waals surface area (Å²) in [7, 11) is -3.53. The minimum absolute atomic E-state index is 0.0832. The molecule has 2 aromatic rings. The predicted molar refractivity (Wildman–Crippen MR) is 107 cm³/mol. The predicted octanol–water partition coefficient (Wildman–Crippen LogP) is 2.90. The van der Waals surface area contributed by atoms with E-state index < -0.39 is 10.0 Å². The lowest BCUT2D eigenvalue weighted by atomic mass is 10.1. The maximum absolute atomic E-state index is 13.7. The highest BCUT2D eigenvalue weighted by Gasteiger charge is 2.27. The molecule has 0 saturated carbocycles. The Morgan fingerprint density at radius 2 is 1.61 bits per heavy atom. The van der Waals surface area contributed by atoms with Gasteiger partial charge in [0.1, 0.15) is 5.82 Å². The average molecular weight is 402 g/mol. The molecule has 0 N–H and O–H groups in total. The number of amides is 1. The Balaban J connectivity index is 1.51. The minimum Gasteiger partial charge on any atom is -0.340 e. The number of aryl methyl sites for hydroxylation is 1. The third-order valence-corrected chi connectivity index (χ3v) is 6.31. The normalized spacial score (nSPS) is 15.8. The van der Waals surface area contributed by atoms with Crippen molar-refractivity contribution in [2.24, 2.45) is 0 Å². The fourth-order valence-electron chi connectivity index (χ4n) is 3.11. The van der Waals surface area contributed by atoms with Gasteiger partial charge < -0.3 is 4.90 Å². The Bertz CT molecular complexity index is 937. The highest BCUT2D eigenvalue weighted by Crippen LogP contribution is 2.14. The van der Waals surface area contributed by atoms with Gasteiger partial charge in [-0.15, -0.1) is 0 Å². The molecule has 0 bridgehead atoms. The molecule has 1 heterocycles. The quantitative estimate of drug-likeness (QED) is 0.747. The standard InChI is InChI=1S/C21H23FN2O3S/c22-20-9-5-4-8-19(20)10-11-21(25)23-13-15-24(16-14-23)28(26,27)17-12-18-6-2-1-3-7-18/h1-9,12,17H,10-11,13-16H2/b17-12+. The van der Waals surface area contributed by atoms with Gasteiger partial charge in [-0.3, -0.25) is 4.79 Å². The van der Waals surface area contributed by atoms with Gasteiger partial charge >= 0.3 is 0 Å². The third kappa shape index (κ3) is 5.27. The molecule has 0 aromatic heterocycles. The Morgan fingerprint density at radius 3 is 2.29 bits per heavy atom. The van der Waals surface area contributed by atoms with Crippen molar-refractivity contribution >= 4 is 22.0 Å². The summed E-state index contributed by atoms with van der Waals surface area (Å²) in [6.07, 6.45) is 2.12. The molecular weight excluding hydrogens is 379 g/mol. The van der Waals surface area contributed by atoms with Crippen molar-refractivity contribution in [3.05, 3.63) is 76.9 Å². The Morgan fingerprint density at radius 1 is 0.964 bits per heavy atom. The highest BCUT2D eigenvalue weighted by atomic mass is 32.2. The third-order valence-electron chi connectivity index (χ3n) is 4.75. The van der Waals surface area contributed by atoms with Crippen molar-refractivity contribution in [2.75, 3.05) is 26.2 Å². The molecular formula is C21H23FN2O3S. The largest absolute Gasteiger partial charge is 0.340 e. The zero-order chi connectivity index (χ0) is 20.0. The van der Waals surface area contributed by atoms with Crippen LogP contribution in [0.1, 0.15) is 17.5 Å². The summed E-state index contributed by atoms with van der Waals surface area (Å²) < 4.78 is 40.0. The van der Waals surface area contributed by atoms with Gasteiger partial charge in [-0.1, -0.05) is 48.5 Å². The summed E-state index contributed by atoms with van der Waals surface area (Å²) in [6, 6.07) is 15.6. The van der Waals surface area contributed by atoms with E-state index in [0.29, 0.717) is 25.1 Å². The first-order valence-corrected chi connectivity index (χ1v) is 10.7. The summed E-state index contributed by atoms with van der Waals surface area (Å²) in [5.74, 6) is -0.392. The lowest BCUT2D eigenvalue weighted by Gasteiger charge is -2.33. The molecule has 1 fully saturated rings. The van der Waals surface area contributed by atoms with Crippen molar-refractivity contribution < 1.29 is 17.6 Å². The van der Waals surface area contributed by atoms with Crippen LogP contribution in [0.4, 0.5) is 4.39 Å². The number of sulfonamides is 1. The van der Waals surface area contributed by atoms with Gasteiger partial charge in [-0.25, -0.2) is 12.8 Å². The smallest absolute Gasteiger partial charge is 0.236 e. The number of halogens is 1. The molecule has 5 nitrogen and oxygen atoms in total. The molecule has 1 saturated heterocycles. The fraction of sp³-hybridized carbons (Fsp3) is 0.286. The molecule has 1 aliphatic rings. The van der Waals surface area contributed by atoms with E-state index in [2.05, 4.69) is 0 Å². The van der Waals surface area contributed by atoms with E-state index in [1.165, 1.54) is 15.8 Å². The number of piperazine rings is 1. The van der Waals surface area contributed by atoms with Gasteiger partial charge in [0.05, 0.1) is 0 Å². The van der Waals surface area contributed by atoms with E-state index in [1.807, 2.05) is 30.3 Å². The molecule has 28 heavy (non-hydrogen) atoms. The summed E-state index contributed by atoms with van der Waals surface area (Å²) in [5.41, 5.74) is 1.33. The van der Waals surface area contributed by atoms with Gasteiger partial charge in [0.25, 0.3) is 0 Å². The fourth-order valence-corrected chi connectivity index (χ4v) is 4.28. The molecule has 7 heteroatoms. The minimum atomic E-state index is -3.53. The Hall–Kier alpha value is -2.51. The van der Waals surface area contributed by atoms with Crippen LogP contribution in [-0.2, 0) is 21.2 Å². The maximum Gasteiger partial charge on any atom is 0.236 e. The SMILES string of the molecule is O=C(CCc1ccccc1F)N1CCN(S(=O)(=O)/C=C/c2ccccc2)CC1. The van der Waals surface area contributed by atoms with Crippen molar-refractivity contribution in [1.82, 2.24) is 9.21 Å². The van der Waals surface area contributed by atoms with Crippen LogP contribution in [-0.4, -0.2) is 49.7 Å². The van der Waals surface area contributed by atoms with Crippen molar-refractivity contribution in [2.45, 2.75) is 12.8 Å². The van der Waals surface area contributed by atoms with Gasteiger partial charge in [-0.05, 0) is 29.7 Å². The zero-order valence-corrected chi connectivity index (χ0v) is 16.3. The van der Waals surface area contributed by atoms with Crippen molar-refractivity contribution in [3.8, 4) is 0 Å². The molecule has 0 spiro atoms. The first-order chi connectivity index (χ1) is 13.5. The number of hydrogen-bond acceptors (Lipinski definition) is 3. The van der Waals surface area contributed by atoms with Crippen molar-refractivity contribution in [1.29, 1.82) is 0 Å². The molecule has 0 aliphatic carbocycles. The van der Waals surface area contributed by atoms with Gasteiger partial charge in [0.2, 0.25) is 15.9 Å². The molecule has 0 unspecified atom stereocenters. The van der Waals surface area contributed by atoms with E-state index in [1.54, 1.807) is 29.2 Å². The Labute approximate surface area is 165 Å². The van der Waals surface area contributed by atoms with Crippen LogP contribution >= 0.6 is 0 Å².